The van der Waals surface area contributed by atoms with Crippen molar-refractivity contribution in [2.24, 2.45) is 11.7 Å². The Kier molecular flexibility index (Phi) is 6.42. The zero-order valence-corrected chi connectivity index (χ0v) is 15.6. The van der Waals surface area contributed by atoms with Gasteiger partial charge in [0.05, 0.1) is 6.54 Å². The van der Waals surface area contributed by atoms with Gasteiger partial charge in [-0.3, -0.25) is 9.69 Å². The van der Waals surface area contributed by atoms with E-state index in [1.54, 1.807) is 0 Å². The van der Waals surface area contributed by atoms with Crippen molar-refractivity contribution in [2.75, 3.05) is 32.7 Å². The molecular formula is C22H29N3O. The zero-order valence-electron chi connectivity index (χ0n) is 15.6. The molecule has 0 unspecified atom stereocenters. The molecule has 1 aliphatic rings. The van der Waals surface area contributed by atoms with E-state index in [-0.39, 0.29) is 5.91 Å². The Labute approximate surface area is 156 Å². The van der Waals surface area contributed by atoms with Crippen molar-refractivity contribution in [3.8, 4) is 0 Å². The van der Waals surface area contributed by atoms with Crippen LogP contribution >= 0.6 is 0 Å². The third-order valence-corrected chi connectivity index (χ3v) is 5.36. The summed E-state index contributed by atoms with van der Waals surface area (Å²) in [5.74, 6) is 1.02. The van der Waals surface area contributed by atoms with E-state index < -0.39 is 0 Å². The third-order valence-electron chi connectivity index (χ3n) is 5.36. The van der Waals surface area contributed by atoms with Crippen molar-refractivity contribution in [2.45, 2.75) is 19.4 Å². The summed E-state index contributed by atoms with van der Waals surface area (Å²) in [5.41, 5.74) is 8.52. The second kappa shape index (κ2) is 8.97. The highest BCUT2D eigenvalue weighted by atomic mass is 16.2. The minimum absolute atomic E-state index is 0.195. The first-order chi connectivity index (χ1) is 12.7. The van der Waals surface area contributed by atoms with E-state index in [9.17, 15) is 4.79 Å². The summed E-state index contributed by atoms with van der Waals surface area (Å²) in [6, 6.07) is 20.7. The summed E-state index contributed by atoms with van der Waals surface area (Å²) in [4.78, 5) is 17.0. The molecule has 26 heavy (non-hydrogen) atoms. The topological polar surface area (TPSA) is 49.6 Å². The van der Waals surface area contributed by atoms with Gasteiger partial charge in [0, 0.05) is 32.1 Å². The van der Waals surface area contributed by atoms with Crippen molar-refractivity contribution in [3.05, 3.63) is 71.8 Å². The number of hydrogen-bond donors (Lipinski definition) is 1. The van der Waals surface area contributed by atoms with Crippen LogP contribution in [-0.4, -0.2) is 48.4 Å². The average Bonchev–Trinajstić information content (AvgIpc) is 3.10. The molecule has 4 heteroatoms. The van der Waals surface area contributed by atoms with E-state index in [4.69, 9.17) is 5.73 Å². The summed E-state index contributed by atoms with van der Waals surface area (Å²) in [5, 5.41) is 0. The highest BCUT2D eigenvalue weighted by Crippen LogP contribution is 2.31. The molecule has 1 aliphatic heterocycles. The van der Waals surface area contributed by atoms with Crippen LogP contribution in [0, 0.1) is 5.92 Å². The lowest BCUT2D eigenvalue weighted by atomic mass is 9.89. The van der Waals surface area contributed by atoms with Crippen molar-refractivity contribution in [3.63, 3.8) is 0 Å². The van der Waals surface area contributed by atoms with Crippen LogP contribution in [0.1, 0.15) is 24.0 Å². The molecule has 0 aromatic heterocycles. The van der Waals surface area contributed by atoms with Crippen molar-refractivity contribution >= 4 is 5.91 Å². The first kappa shape index (κ1) is 18.6. The average molecular weight is 351 g/mol. The molecule has 0 bridgehead atoms. The molecule has 4 nitrogen and oxygen atoms in total. The van der Waals surface area contributed by atoms with Crippen molar-refractivity contribution in [1.29, 1.82) is 0 Å². The highest BCUT2D eigenvalue weighted by Gasteiger charge is 2.34. The van der Waals surface area contributed by atoms with Crippen LogP contribution in [-0.2, 0) is 11.3 Å². The number of benzene rings is 2. The zero-order chi connectivity index (χ0) is 18.4. The molecule has 2 aromatic carbocycles. The lowest BCUT2D eigenvalue weighted by Gasteiger charge is -2.24. The first-order valence-electron chi connectivity index (χ1n) is 9.50. The standard InChI is InChI=1S/C22H29N3O/c1-2-25(14-18-9-5-3-6-10-18)22(26)17-24-15-20(13-23)21(16-24)19-11-7-4-8-12-19/h3-12,20-21H,2,13-17,23H2,1H3/t20-,21+/m1/s1. The van der Waals surface area contributed by atoms with Gasteiger partial charge in [0.25, 0.3) is 0 Å². The Morgan fingerprint density at radius 1 is 1.08 bits per heavy atom. The number of amides is 1. The molecule has 2 aromatic rings. The van der Waals surface area contributed by atoms with Crippen LogP contribution < -0.4 is 5.73 Å². The number of likely N-dealkylation sites (tertiary alicyclic amines) is 1. The number of nitrogens with zero attached hydrogens (tertiary/aromatic N) is 2. The van der Waals surface area contributed by atoms with Crippen LogP contribution in [0.3, 0.4) is 0 Å². The van der Waals surface area contributed by atoms with Gasteiger partial charge in [-0.15, -0.1) is 0 Å². The monoisotopic (exact) mass is 351 g/mol. The molecule has 0 aliphatic carbocycles. The number of hydrogen-bond acceptors (Lipinski definition) is 3. The Hall–Kier alpha value is -2.17. The quantitative estimate of drug-likeness (QED) is 0.834. The summed E-state index contributed by atoms with van der Waals surface area (Å²) in [6.07, 6.45) is 0. The molecule has 1 amide bonds. The van der Waals surface area contributed by atoms with E-state index >= 15 is 0 Å². The SMILES string of the molecule is CCN(Cc1ccccc1)C(=O)CN1C[C@@H](CN)[C@H](c2ccccc2)C1. The first-order valence-corrected chi connectivity index (χ1v) is 9.50. The molecule has 0 radical (unpaired) electrons. The highest BCUT2D eigenvalue weighted by molar-refractivity contribution is 5.78. The van der Waals surface area contributed by atoms with Crippen LogP contribution in [0.15, 0.2) is 60.7 Å². The maximum atomic E-state index is 12.8. The normalized spacial score (nSPS) is 20.2. The molecule has 1 heterocycles. The van der Waals surface area contributed by atoms with Crippen molar-refractivity contribution in [1.82, 2.24) is 9.80 Å². The lowest BCUT2D eigenvalue weighted by Crippen LogP contribution is -2.39. The number of nitrogens with two attached hydrogens (primary N) is 1. The van der Waals surface area contributed by atoms with Gasteiger partial charge in [0.15, 0.2) is 0 Å². The summed E-state index contributed by atoms with van der Waals surface area (Å²) in [7, 11) is 0. The summed E-state index contributed by atoms with van der Waals surface area (Å²) >= 11 is 0. The fourth-order valence-electron chi connectivity index (χ4n) is 3.88. The van der Waals surface area contributed by atoms with E-state index in [2.05, 4.69) is 41.3 Å². The molecule has 1 fully saturated rings. The van der Waals surface area contributed by atoms with Gasteiger partial charge in [-0.25, -0.2) is 0 Å². The van der Waals surface area contributed by atoms with Gasteiger partial charge in [0.2, 0.25) is 5.91 Å². The van der Waals surface area contributed by atoms with Gasteiger partial charge >= 0.3 is 0 Å². The van der Waals surface area contributed by atoms with E-state index in [0.29, 0.717) is 31.5 Å². The predicted molar refractivity (Wildman–Crippen MR) is 106 cm³/mol. The van der Waals surface area contributed by atoms with E-state index in [1.807, 2.05) is 36.1 Å². The Bertz CT molecular complexity index is 689. The van der Waals surface area contributed by atoms with Gasteiger partial charge in [0.1, 0.15) is 0 Å². The minimum atomic E-state index is 0.195. The minimum Gasteiger partial charge on any atom is -0.338 e. The number of likely N-dealkylation sites (N-methyl/N-ethyl adjacent to an activating group) is 1. The van der Waals surface area contributed by atoms with Crippen molar-refractivity contribution < 1.29 is 4.79 Å². The molecular weight excluding hydrogens is 322 g/mol. The van der Waals surface area contributed by atoms with Crippen LogP contribution in [0.2, 0.25) is 0 Å². The summed E-state index contributed by atoms with van der Waals surface area (Å²) in [6.45, 7) is 6.37. The largest absolute Gasteiger partial charge is 0.338 e. The number of carbonyl (C=O) groups is 1. The molecule has 138 valence electrons. The molecule has 2 N–H and O–H groups in total. The smallest absolute Gasteiger partial charge is 0.237 e. The Balaban J connectivity index is 1.61. The molecule has 2 atom stereocenters. The molecule has 0 saturated carbocycles. The van der Waals surface area contributed by atoms with Gasteiger partial charge in [-0.2, -0.15) is 0 Å². The Morgan fingerprint density at radius 3 is 2.35 bits per heavy atom. The van der Waals surface area contributed by atoms with E-state index in [0.717, 1.165) is 19.6 Å². The molecule has 3 rings (SSSR count). The van der Waals surface area contributed by atoms with Crippen LogP contribution in [0.5, 0.6) is 0 Å². The summed E-state index contributed by atoms with van der Waals surface area (Å²) < 4.78 is 0. The molecule has 0 spiro atoms. The second-order valence-electron chi connectivity index (χ2n) is 7.10. The maximum Gasteiger partial charge on any atom is 0.237 e. The van der Waals surface area contributed by atoms with E-state index in [1.165, 1.54) is 11.1 Å². The molecule has 1 saturated heterocycles. The van der Waals surface area contributed by atoms with Gasteiger partial charge in [-0.05, 0) is 30.5 Å². The number of rotatable bonds is 7. The van der Waals surface area contributed by atoms with Gasteiger partial charge in [-0.1, -0.05) is 60.7 Å². The maximum absolute atomic E-state index is 12.8. The fourth-order valence-corrected chi connectivity index (χ4v) is 3.88. The van der Waals surface area contributed by atoms with Crippen LogP contribution in [0.4, 0.5) is 0 Å². The lowest BCUT2D eigenvalue weighted by molar-refractivity contribution is -0.132. The predicted octanol–water partition coefficient (Wildman–Crippen LogP) is 2.71. The Morgan fingerprint density at radius 2 is 1.73 bits per heavy atom. The fraction of sp³-hybridized carbons (Fsp3) is 0.409. The van der Waals surface area contributed by atoms with Gasteiger partial charge < -0.3 is 10.6 Å². The third kappa shape index (κ3) is 4.51. The number of carbonyl (C=O) groups excluding carboxylic acids is 1. The second-order valence-corrected chi connectivity index (χ2v) is 7.10. The van der Waals surface area contributed by atoms with Crippen LogP contribution in [0.25, 0.3) is 0 Å².